The largest absolute Gasteiger partial charge is 0.483 e. The number of hydrogen-bond acceptors (Lipinski definition) is 3. The van der Waals surface area contributed by atoms with Gasteiger partial charge in [0.25, 0.3) is 11.5 Å². The van der Waals surface area contributed by atoms with Gasteiger partial charge in [-0.1, -0.05) is 48.5 Å². The van der Waals surface area contributed by atoms with E-state index in [0.717, 1.165) is 11.1 Å². The maximum Gasteiger partial charge on any atom is 0.271 e. The highest BCUT2D eigenvalue weighted by atomic mass is 79.9. The Kier molecular flexibility index (Phi) is 5.86. The topological polar surface area (TPSA) is 71.2 Å². The first-order valence-corrected chi connectivity index (χ1v) is 8.84. The zero-order valence-electron chi connectivity index (χ0n) is 13.9. The first-order chi connectivity index (χ1) is 12.6. The number of aromatic nitrogens is 1. The maximum absolute atomic E-state index is 12.1. The first kappa shape index (κ1) is 17.9. The summed E-state index contributed by atoms with van der Waals surface area (Å²) in [6, 6.07) is 19.2. The van der Waals surface area contributed by atoms with Crippen LogP contribution in [0, 0.1) is 0 Å². The standard InChI is InChI=1S/C20H17BrN2O3/c21-16-11-17(20(25)22-12-16)23-19(24)13-26-18-9-5-4-8-15(18)10-14-6-2-1-3-7-14/h1-9,11-12H,10,13H2,(H,22,25)(H,23,24). The smallest absolute Gasteiger partial charge is 0.271 e. The average Bonchev–Trinajstić information content (AvgIpc) is 2.65. The number of halogens is 1. The fourth-order valence-electron chi connectivity index (χ4n) is 2.49. The zero-order chi connectivity index (χ0) is 18.4. The van der Waals surface area contributed by atoms with E-state index in [1.165, 1.54) is 6.20 Å². The number of amides is 1. The normalized spacial score (nSPS) is 10.3. The fraction of sp³-hybridized carbons (Fsp3) is 0.100. The molecule has 0 spiro atoms. The molecule has 132 valence electrons. The Balaban J connectivity index is 1.65. The van der Waals surface area contributed by atoms with Crippen LogP contribution < -0.4 is 15.6 Å². The number of ether oxygens (including phenoxy) is 1. The van der Waals surface area contributed by atoms with Crippen molar-refractivity contribution in [3.63, 3.8) is 0 Å². The molecule has 0 unspecified atom stereocenters. The van der Waals surface area contributed by atoms with Gasteiger partial charge in [0.15, 0.2) is 6.61 Å². The van der Waals surface area contributed by atoms with E-state index in [2.05, 4.69) is 26.2 Å². The molecule has 6 heteroatoms. The van der Waals surface area contributed by atoms with Crippen LogP contribution in [0.2, 0.25) is 0 Å². The molecule has 1 amide bonds. The van der Waals surface area contributed by atoms with Gasteiger partial charge in [-0.15, -0.1) is 0 Å². The lowest BCUT2D eigenvalue weighted by molar-refractivity contribution is -0.118. The van der Waals surface area contributed by atoms with Crippen molar-refractivity contribution in [3.05, 3.63) is 92.8 Å². The van der Waals surface area contributed by atoms with Gasteiger partial charge >= 0.3 is 0 Å². The fourth-order valence-corrected chi connectivity index (χ4v) is 2.83. The van der Waals surface area contributed by atoms with E-state index in [0.29, 0.717) is 16.6 Å². The molecular formula is C20H17BrN2O3. The molecule has 0 fully saturated rings. The van der Waals surface area contributed by atoms with Crippen molar-refractivity contribution in [2.24, 2.45) is 0 Å². The third-order valence-corrected chi connectivity index (χ3v) is 4.17. The minimum Gasteiger partial charge on any atom is -0.483 e. The van der Waals surface area contributed by atoms with E-state index in [9.17, 15) is 9.59 Å². The maximum atomic E-state index is 12.1. The Morgan fingerprint density at radius 2 is 1.81 bits per heavy atom. The van der Waals surface area contributed by atoms with Gasteiger partial charge in [0.05, 0.1) is 0 Å². The SMILES string of the molecule is O=C(COc1ccccc1Cc1ccccc1)Nc1cc(Br)c[nH]c1=O. The summed E-state index contributed by atoms with van der Waals surface area (Å²) in [6.45, 7) is -0.183. The lowest BCUT2D eigenvalue weighted by Crippen LogP contribution is -2.24. The van der Waals surface area contributed by atoms with Crippen molar-refractivity contribution in [2.45, 2.75) is 6.42 Å². The highest BCUT2D eigenvalue weighted by Gasteiger charge is 2.10. The predicted molar refractivity (Wildman–Crippen MR) is 105 cm³/mol. The number of aromatic amines is 1. The van der Waals surface area contributed by atoms with E-state index in [1.54, 1.807) is 6.07 Å². The van der Waals surface area contributed by atoms with E-state index < -0.39 is 5.91 Å². The summed E-state index contributed by atoms with van der Waals surface area (Å²) in [6.07, 6.45) is 2.22. The number of nitrogens with one attached hydrogen (secondary N) is 2. The van der Waals surface area contributed by atoms with Crippen LogP contribution >= 0.6 is 15.9 Å². The molecule has 0 aliphatic carbocycles. The number of hydrogen-bond donors (Lipinski definition) is 2. The Hall–Kier alpha value is -2.86. The summed E-state index contributed by atoms with van der Waals surface area (Å²) in [7, 11) is 0. The van der Waals surface area contributed by atoms with Crippen LogP contribution in [0.25, 0.3) is 0 Å². The minimum absolute atomic E-state index is 0.172. The van der Waals surface area contributed by atoms with Crippen molar-refractivity contribution < 1.29 is 9.53 Å². The van der Waals surface area contributed by atoms with Crippen molar-refractivity contribution in [2.75, 3.05) is 11.9 Å². The molecule has 0 aliphatic heterocycles. The second-order valence-corrected chi connectivity index (χ2v) is 6.58. The Bertz CT molecular complexity index is 955. The van der Waals surface area contributed by atoms with Crippen LogP contribution in [-0.4, -0.2) is 17.5 Å². The van der Waals surface area contributed by atoms with E-state index in [-0.39, 0.29) is 17.9 Å². The van der Waals surface area contributed by atoms with Crippen LogP contribution in [0.1, 0.15) is 11.1 Å². The summed E-state index contributed by atoms with van der Waals surface area (Å²) in [5.74, 6) is 0.248. The highest BCUT2D eigenvalue weighted by Crippen LogP contribution is 2.21. The van der Waals surface area contributed by atoms with Crippen molar-refractivity contribution in [1.82, 2.24) is 4.98 Å². The summed E-state index contributed by atoms with van der Waals surface area (Å²) < 4.78 is 6.35. The molecule has 0 atom stereocenters. The molecule has 26 heavy (non-hydrogen) atoms. The van der Waals surface area contributed by atoms with Gasteiger partial charge in [-0.2, -0.15) is 0 Å². The summed E-state index contributed by atoms with van der Waals surface area (Å²) in [5, 5.41) is 2.55. The summed E-state index contributed by atoms with van der Waals surface area (Å²) >= 11 is 3.25. The Morgan fingerprint density at radius 1 is 1.08 bits per heavy atom. The Morgan fingerprint density at radius 3 is 2.62 bits per heavy atom. The van der Waals surface area contributed by atoms with Crippen molar-refractivity contribution >= 4 is 27.5 Å². The van der Waals surface area contributed by atoms with Gasteiger partial charge in [0.2, 0.25) is 0 Å². The number of carbonyl (C=O) groups excluding carboxylic acids is 1. The molecule has 3 rings (SSSR count). The molecule has 0 aliphatic rings. The monoisotopic (exact) mass is 412 g/mol. The van der Waals surface area contributed by atoms with E-state index >= 15 is 0 Å². The van der Waals surface area contributed by atoms with Gasteiger partial charge in [0.1, 0.15) is 11.4 Å². The van der Waals surface area contributed by atoms with Crippen LogP contribution in [0.4, 0.5) is 5.69 Å². The first-order valence-electron chi connectivity index (χ1n) is 8.04. The molecular weight excluding hydrogens is 396 g/mol. The third kappa shape index (κ3) is 4.83. The van der Waals surface area contributed by atoms with Crippen molar-refractivity contribution in [3.8, 4) is 5.75 Å². The third-order valence-electron chi connectivity index (χ3n) is 3.71. The molecule has 0 bridgehead atoms. The molecule has 0 saturated heterocycles. The van der Waals surface area contributed by atoms with Crippen LogP contribution in [-0.2, 0) is 11.2 Å². The number of H-pyrrole nitrogens is 1. The molecule has 0 saturated carbocycles. The molecule has 3 aromatic rings. The van der Waals surface area contributed by atoms with Crippen molar-refractivity contribution in [1.29, 1.82) is 0 Å². The van der Waals surface area contributed by atoms with E-state index in [4.69, 9.17) is 4.74 Å². The minimum atomic E-state index is -0.400. The van der Waals surface area contributed by atoms with Gasteiger partial charge in [-0.05, 0) is 39.2 Å². The second kappa shape index (κ2) is 8.49. The molecule has 5 nitrogen and oxygen atoms in total. The number of para-hydroxylation sites is 1. The predicted octanol–water partition coefficient (Wildman–Crippen LogP) is 3.75. The van der Waals surface area contributed by atoms with Gasteiger partial charge in [0, 0.05) is 17.1 Å². The number of anilines is 1. The van der Waals surface area contributed by atoms with Crippen LogP contribution in [0.15, 0.2) is 76.1 Å². The lowest BCUT2D eigenvalue weighted by atomic mass is 10.0. The van der Waals surface area contributed by atoms with E-state index in [1.807, 2.05) is 54.6 Å². The number of benzene rings is 2. The van der Waals surface area contributed by atoms with Gasteiger partial charge in [-0.3, -0.25) is 9.59 Å². The molecule has 2 N–H and O–H groups in total. The van der Waals surface area contributed by atoms with Gasteiger partial charge < -0.3 is 15.0 Å². The lowest BCUT2D eigenvalue weighted by Gasteiger charge is -2.11. The quantitative estimate of drug-likeness (QED) is 0.647. The zero-order valence-corrected chi connectivity index (χ0v) is 15.5. The molecule has 1 aromatic heterocycles. The number of rotatable bonds is 6. The van der Waals surface area contributed by atoms with Gasteiger partial charge in [-0.25, -0.2) is 0 Å². The molecule has 1 heterocycles. The van der Waals surface area contributed by atoms with Crippen LogP contribution in [0.3, 0.4) is 0 Å². The molecule has 0 radical (unpaired) electrons. The average molecular weight is 413 g/mol. The number of carbonyl (C=O) groups is 1. The van der Waals surface area contributed by atoms with Crippen LogP contribution in [0.5, 0.6) is 5.75 Å². The second-order valence-electron chi connectivity index (χ2n) is 5.67. The summed E-state index contributed by atoms with van der Waals surface area (Å²) in [4.78, 5) is 26.3. The number of pyridine rings is 1. The highest BCUT2D eigenvalue weighted by molar-refractivity contribution is 9.10. The summed E-state index contributed by atoms with van der Waals surface area (Å²) in [5.41, 5.74) is 1.96. The molecule has 2 aromatic carbocycles. The Labute approximate surface area is 159 Å².